The fourth-order valence-corrected chi connectivity index (χ4v) is 0.878. The summed E-state index contributed by atoms with van der Waals surface area (Å²) in [6.45, 7) is 1.60. The highest BCUT2D eigenvalue weighted by Gasteiger charge is 2.24. The van der Waals surface area contributed by atoms with Gasteiger partial charge >= 0.3 is 0 Å². The Bertz CT molecular complexity index is 243. The van der Waals surface area contributed by atoms with Gasteiger partial charge in [0.2, 0.25) is 0 Å². The van der Waals surface area contributed by atoms with E-state index in [1.54, 1.807) is 14.0 Å². The summed E-state index contributed by atoms with van der Waals surface area (Å²) in [5.41, 5.74) is 3.58. The molecule has 5 nitrogen and oxygen atoms in total. The maximum Gasteiger partial charge on any atom is 0.184 e. The van der Waals surface area contributed by atoms with E-state index in [1.807, 2.05) is 0 Å². The Balaban J connectivity index is 2.92. The lowest BCUT2D eigenvalue weighted by Gasteiger charge is -2.01. The minimum absolute atomic E-state index is 0.301. The summed E-state index contributed by atoms with van der Waals surface area (Å²) in [6, 6.07) is 0. The van der Waals surface area contributed by atoms with Crippen LogP contribution < -0.4 is 5.43 Å². The van der Waals surface area contributed by atoms with Gasteiger partial charge in [0.25, 0.3) is 0 Å². The van der Waals surface area contributed by atoms with Crippen LogP contribution in [0.2, 0.25) is 0 Å². The molecule has 1 aliphatic heterocycles. The van der Waals surface area contributed by atoms with Crippen molar-refractivity contribution >= 4 is 17.1 Å². The molecule has 0 aromatic rings. The van der Waals surface area contributed by atoms with Gasteiger partial charge in [-0.3, -0.25) is 10.4 Å². The van der Waals surface area contributed by atoms with Crippen LogP contribution in [0, 0.1) is 5.41 Å². The van der Waals surface area contributed by atoms with Gasteiger partial charge in [-0.25, -0.2) is 0 Å². The summed E-state index contributed by atoms with van der Waals surface area (Å²) < 4.78 is 0. The summed E-state index contributed by atoms with van der Waals surface area (Å²) in [7, 11) is 1.56. The number of hydrogen-bond donors (Lipinski definition) is 3. The molecule has 1 unspecified atom stereocenters. The predicted octanol–water partition coefficient (Wildman–Crippen LogP) is -0.626. The number of nitrogens with zero attached hydrogens (tertiary/aromatic N) is 2. The van der Waals surface area contributed by atoms with Gasteiger partial charge in [0.1, 0.15) is 11.4 Å². The molecule has 0 aromatic carbocycles. The molecular formula is C6H10N4O. The Morgan fingerprint density at radius 1 is 1.82 bits per heavy atom. The van der Waals surface area contributed by atoms with Crippen LogP contribution in [-0.4, -0.2) is 35.5 Å². The van der Waals surface area contributed by atoms with E-state index in [9.17, 15) is 0 Å². The lowest BCUT2D eigenvalue weighted by molar-refractivity contribution is 0.213. The first-order valence-corrected chi connectivity index (χ1v) is 3.20. The fraction of sp³-hybridized carbons (Fsp3) is 0.500. The Hall–Kier alpha value is -1.23. The second-order valence-corrected chi connectivity index (χ2v) is 2.23. The molecule has 11 heavy (non-hydrogen) atoms. The average molecular weight is 154 g/mol. The third-order valence-electron chi connectivity index (χ3n) is 1.40. The number of rotatable bonds is 1. The first kappa shape index (κ1) is 7.87. The van der Waals surface area contributed by atoms with Crippen molar-refractivity contribution in [1.29, 1.82) is 5.41 Å². The normalized spacial score (nSPS) is 26.6. The molecule has 0 radical (unpaired) electrons. The van der Waals surface area contributed by atoms with Gasteiger partial charge in [-0.1, -0.05) is 0 Å². The molecule has 1 aliphatic rings. The van der Waals surface area contributed by atoms with Crippen molar-refractivity contribution in [2.24, 2.45) is 10.1 Å². The van der Waals surface area contributed by atoms with E-state index in [1.165, 1.54) is 0 Å². The molecule has 1 rings (SSSR count). The molecular weight excluding hydrogens is 144 g/mol. The van der Waals surface area contributed by atoms with E-state index in [0.717, 1.165) is 0 Å². The number of hydrogen-bond acceptors (Lipinski definition) is 5. The first-order valence-electron chi connectivity index (χ1n) is 3.20. The van der Waals surface area contributed by atoms with Crippen LogP contribution in [0.4, 0.5) is 0 Å². The zero-order valence-corrected chi connectivity index (χ0v) is 6.42. The average Bonchev–Trinajstić information content (AvgIpc) is 2.30. The third-order valence-corrected chi connectivity index (χ3v) is 1.40. The number of hydrazone groups is 1. The highest BCUT2D eigenvalue weighted by Crippen LogP contribution is 1.99. The molecule has 0 aromatic heterocycles. The first-order chi connectivity index (χ1) is 5.16. The number of aliphatic hydroxyl groups excluding tert-OH is 1. The summed E-state index contributed by atoms with van der Waals surface area (Å²) in [5, 5.41) is 20.1. The SMILES string of the molecule is CN=C1C(C(C)=N)=NNC1O. The minimum Gasteiger partial charge on any atom is -0.367 e. The van der Waals surface area contributed by atoms with Crippen LogP contribution in [0.15, 0.2) is 10.1 Å². The summed E-state index contributed by atoms with van der Waals surface area (Å²) in [5.74, 6) is 0. The zero-order valence-electron chi connectivity index (χ0n) is 6.42. The second-order valence-electron chi connectivity index (χ2n) is 2.23. The molecule has 0 amide bonds. The maximum absolute atomic E-state index is 9.16. The minimum atomic E-state index is -0.852. The summed E-state index contributed by atoms with van der Waals surface area (Å²) in [4.78, 5) is 3.80. The molecule has 5 heteroatoms. The molecule has 0 fully saturated rings. The van der Waals surface area contributed by atoms with E-state index in [4.69, 9.17) is 10.5 Å². The van der Waals surface area contributed by atoms with Gasteiger partial charge in [0, 0.05) is 7.05 Å². The van der Waals surface area contributed by atoms with Crippen LogP contribution in [0.5, 0.6) is 0 Å². The van der Waals surface area contributed by atoms with Crippen molar-refractivity contribution in [3.8, 4) is 0 Å². The Kier molecular flexibility index (Phi) is 2.00. The smallest absolute Gasteiger partial charge is 0.184 e. The van der Waals surface area contributed by atoms with E-state index in [0.29, 0.717) is 17.1 Å². The Morgan fingerprint density at radius 2 is 2.45 bits per heavy atom. The third kappa shape index (κ3) is 1.27. The van der Waals surface area contributed by atoms with E-state index in [-0.39, 0.29) is 0 Å². The number of nitrogens with one attached hydrogen (secondary N) is 2. The molecule has 0 saturated heterocycles. The predicted molar refractivity (Wildman–Crippen MR) is 43.3 cm³/mol. The van der Waals surface area contributed by atoms with E-state index < -0.39 is 6.23 Å². The number of aliphatic hydroxyl groups is 1. The van der Waals surface area contributed by atoms with Crippen molar-refractivity contribution in [1.82, 2.24) is 5.43 Å². The molecule has 1 atom stereocenters. The van der Waals surface area contributed by atoms with Crippen molar-refractivity contribution < 1.29 is 5.11 Å². The zero-order chi connectivity index (χ0) is 8.43. The van der Waals surface area contributed by atoms with E-state index in [2.05, 4.69) is 15.5 Å². The highest BCUT2D eigenvalue weighted by atomic mass is 16.3. The quantitative estimate of drug-likeness (QED) is 0.440. The molecule has 0 saturated carbocycles. The molecule has 0 spiro atoms. The lowest BCUT2D eigenvalue weighted by atomic mass is 10.1. The summed E-state index contributed by atoms with van der Waals surface area (Å²) in [6.07, 6.45) is -0.852. The largest absolute Gasteiger partial charge is 0.367 e. The maximum atomic E-state index is 9.16. The van der Waals surface area contributed by atoms with Crippen molar-refractivity contribution in [3.05, 3.63) is 0 Å². The van der Waals surface area contributed by atoms with Crippen molar-refractivity contribution in [3.63, 3.8) is 0 Å². The monoisotopic (exact) mass is 154 g/mol. The van der Waals surface area contributed by atoms with E-state index >= 15 is 0 Å². The van der Waals surface area contributed by atoms with Crippen LogP contribution in [0.25, 0.3) is 0 Å². The van der Waals surface area contributed by atoms with Crippen molar-refractivity contribution in [2.75, 3.05) is 7.05 Å². The highest BCUT2D eigenvalue weighted by molar-refractivity contribution is 6.69. The van der Waals surface area contributed by atoms with Gasteiger partial charge in [0.15, 0.2) is 6.23 Å². The van der Waals surface area contributed by atoms with Gasteiger partial charge in [-0.2, -0.15) is 5.10 Å². The van der Waals surface area contributed by atoms with Crippen molar-refractivity contribution in [2.45, 2.75) is 13.2 Å². The Labute approximate surface area is 64.3 Å². The molecule has 0 bridgehead atoms. The lowest BCUT2D eigenvalue weighted by Crippen LogP contribution is -2.31. The molecule has 0 aliphatic carbocycles. The standard InChI is InChI=1S/C6H10N4O/c1-3(7)4-5(8-2)6(11)10-9-4/h6-7,10-11H,1-2H3. The topological polar surface area (TPSA) is 80.8 Å². The molecule has 60 valence electrons. The van der Waals surface area contributed by atoms with Crippen LogP contribution in [0.1, 0.15) is 6.92 Å². The van der Waals surface area contributed by atoms with Crippen LogP contribution in [0.3, 0.4) is 0 Å². The van der Waals surface area contributed by atoms with Gasteiger partial charge < -0.3 is 10.5 Å². The Morgan fingerprint density at radius 3 is 2.82 bits per heavy atom. The number of aliphatic imine (C=N–C) groups is 1. The van der Waals surface area contributed by atoms with Crippen LogP contribution >= 0.6 is 0 Å². The summed E-state index contributed by atoms with van der Waals surface area (Å²) >= 11 is 0. The van der Waals surface area contributed by atoms with Gasteiger partial charge in [-0.15, -0.1) is 0 Å². The molecule has 3 N–H and O–H groups in total. The fourth-order valence-electron chi connectivity index (χ4n) is 0.878. The van der Waals surface area contributed by atoms with Crippen LogP contribution in [-0.2, 0) is 0 Å². The van der Waals surface area contributed by atoms with Gasteiger partial charge in [0.05, 0.1) is 5.71 Å². The van der Waals surface area contributed by atoms with Gasteiger partial charge in [-0.05, 0) is 6.92 Å². The molecule has 1 heterocycles. The second kappa shape index (κ2) is 2.79.